The Morgan fingerprint density at radius 2 is 1.97 bits per heavy atom. The normalized spacial score (nSPS) is 16.2. The highest BCUT2D eigenvalue weighted by Gasteiger charge is 2.30. The molecule has 162 valence electrons. The number of thioether (sulfide) groups is 1. The Balaban J connectivity index is 1.49. The number of hydrogen-bond donors (Lipinski definition) is 1. The lowest BCUT2D eigenvalue weighted by Gasteiger charge is -2.20. The fourth-order valence-corrected chi connectivity index (χ4v) is 6.03. The van der Waals surface area contributed by atoms with Crippen molar-refractivity contribution in [1.82, 2.24) is 4.98 Å². The van der Waals surface area contributed by atoms with Crippen molar-refractivity contribution in [2.24, 2.45) is 0 Å². The summed E-state index contributed by atoms with van der Waals surface area (Å²) >= 11 is 3.26. The third-order valence-corrected chi connectivity index (χ3v) is 7.57. The fourth-order valence-electron chi connectivity index (χ4n) is 3.71. The molecule has 0 saturated carbocycles. The van der Waals surface area contributed by atoms with Crippen molar-refractivity contribution >= 4 is 29.1 Å². The summed E-state index contributed by atoms with van der Waals surface area (Å²) in [5.74, 6) is 0.258. The molecule has 1 heterocycles. The molecule has 3 aromatic rings. The number of carboxylic acid groups (broad SMARTS) is 1. The van der Waals surface area contributed by atoms with Crippen LogP contribution in [0.5, 0.6) is 0 Å². The van der Waals surface area contributed by atoms with Gasteiger partial charge in [-0.1, -0.05) is 24.3 Å². The van der Waals surface area contributed by atoms with Crippen molar-refractivity contribution in [3.63, 3.8) is 0 Å². The van der Waals surface area contributed by atoms with Crippen LogP contribution in [-0.2, 0) is 23.8 Å². The first-order chi connectivity index (χ1) is 14.8. The van der Waals surface area contributed by atoms with Crippen LogP contribution < -0.4 is 0 Å². The molecule has 1 atom stereocenters. The zero-order valence-corrected chi connectivity index (χ0v) is 18.1. The highest BCUT2D eigenvalue weighted by atomic mass is 32.2. The van der Waals surface area contributed by atoms with Crippen LogP contribution in [0.25, 0.3) is 10.6 Å². The van der Waals surface area contributed by atoms with E-state index in [0.717, 1.165) is 58.3 Å². The van der Waals surface area contributed by atoms with E-state index < -0.39 is 17.7 Å². The van der Waals surface area contributed by atoms with Gasteiger partial charge in [-0.05, 0) is 49.1 Å². The van der Waals surface area contributed by atoms with E-state index in [2.05, 4.69) is 0 Å². The molecule has 3 nitrogen and oxygen atoms in total. The van der Waals surface area contributed by atoms with Gasteiger partial charge in [0.15, 0.2) is 0 Å². The molecule has 1 aliphatic rings. The Morgan fingerprint density at radius 1 is 1.19 bits per heavy atom. The number of thiazole rings is 1. The van der Waals surface area contributed by atoms with Crippen LogP contribution in [0.1, 0.15) is 40.5 Å². The summed E-state index contributed by atoms with van der Waals surface area (Å²) < 4.78 is 38.5. The minimum Gasteiger partial charge on any atom is -0.481 e. The van der Waals surface area contributed by atoms with Crippen LogP contribution >= 0.6 is 23.1 Å². The maximum atomic E-state index is 12.8. The minimum atomic E-state index is -4.34. The zero-order valence-electron chi connectivity index (χ0n) is 16.5. The Morgan fingerprint density at radius 3 is 2.68 bits per heavy atom. The van der Waals surface area contributed by atoms with Gasteiger partial charge in [-0.25, -0.2) is 4.98 Å². The maximum absolute atomic E-state index is 12.8. The Kier molecular flexibility index (Phi) is 6.39. The van der Waals surface area contributed by atoms with E-state index in [1.165, 1.54) is 17.0 Å². The Bertz CT molecular complexity index is 1080. The Hall–Kier alpha value is -2.32. The molecule has 0 saturated heterocycles. The van der Waals surface area contributed by atoms with Crippen molar-refractivity contribution in [2.45, 2.75) is 42.7 Å². The van der Waals surface area contributed by atoms with Crippen LogP contribution in [0, 0.1) is 0 Å². The van der Waals surface area contributed by atoms with Gasteiger partial charge in [0.2, 0.25) is 0 Å². The van der Waals surface area contributed by atoms with Gasteiger partial charge < -0.3 is 5.11 Å². The molecule has 4 rings (SSSR count). The molecule has 0 amide bonds. The first kappa shape index (κ1) is 21.9. The van der Waals surface area contributed by atoms with E-state index in [0.29, 0.717) is 5.56 Å². The lowest BCUT2D eigenvalue weighted by Crippen LogP contribution is -2.10. The molecule has 0 aliphatic heterocycles. The highest BCUT2D eigenvalue weighted by molar-refractivity contribution is 7.99. The number of rotatable bonds is 6. The van der Waals surface area contributed by atoms with E-state index >= 15 is 0 Å². The zero-order chi connectivity index (χ0) is 22.0. The summed E-state index contributed by atoms with van der Waals surface area (Å²) in [6, 6.07) is 12.8. The SMILES string of the molecule is O=C(O)Cc1cccc(SC[C@@H]2CCCc3sc(-c4ccc(C(F)(F)F)cc4)nc32)c1. The molecular weight excluding hydrogens is 443 g/mol. The second-order valence-corrected chi connectivity index (χ2v) is 9.70. The van der Waals surface area contributed by atoms with Crippen molar-refractivity contribution < 1.29 is 23.1 Å². The standard InChI is InChI=1S/C23H20F3NO2S2/c24-23(25,26)17-9-7-15(8-10-17)22-27-21-16(4-2-6-19(21)31-22)13-30-18-5-1-3-14(11-18)12-20(28)29/h1,3,5,7-11,16H,2,4,6,12-13H2,(H,28,29)/t16-/m0/s1. The molecule has 2 aromatic carbocycles. The second kappa shape index (κ2) is 9.04. The molecule has 0 radical (unpaired) electrons. The monoisotopic (exact) mass is 463 g/mol. The summed E-state index contributed by atoms with van der Waals surface area (Å²) in [6.45, 7) is 0. The van der Waals surface area contributed by atoms with E-state index in [-0.39, 0.29) is 12.3 Å². The third-order valence-electron chi connectivity index (χ3n) is 5.23. The quantitative estimate of drug-likeness (QED) is 0.415. The molecule has 1 aliphatic carbocycles. The number of hydrogen-bond acceptors (Lipinski definition) is 4. The maximum Gasteiger partial charge on any atom is 0.416 e. The van der Waals surface area contributed by atoms with Crippen molar-refractivity contribution in [1.29, 1.82) is 0 Å². The van der Waals surface area contributed by atoms with E-state index in [1.807, 2.05) is 24.3 Å². The van der Waals surface area contributed by atoms with E-state index in [9.17, 15) is 18.0 Å². The van der Waals surface area contributed by atoms with Crippen LogP contribution in [0.3, 0.4) is 0 Å². The molecule has 8 heteroatoms. The molecule has 0 unspecified atom stereocenters. The number of carbonyl (C=O) groups is 1. The predicted octanol–water partition coefficient (Wildman–Crippen LogP) is 6.67. The fraction of sp³-hybridized carbons (Fsp3) is 0.304. The lowest BCUT2D eigenvalue weighted by atomic mass is 9.93. The molecule has 0 spiro atoms. The summed E-state index contributed by atoms with van der Waals surface area (Å²) in [4.78, 5) is 18.0. The molecule has 1 N–H and O–H groups in total. The van der Waals surface area contributed by atoms with Crippen LogP contribution in [0.4, 0.5) is 13.2 Å². The molecule has 0 fully saturated rings. The van der Waals surface area contributed by atoms with Gasteiger partial charge >= 0.3 is 12.1 Å². The van der Waals surface area contributed by atoms with Crippen LogP contribution in [0.15, 0.2) is 53.4 Å². The van der Waals surface area contributed by atoms with Gasteiger partial charge in [0.25, 0.3) is 0 Å². The van der Waals surface area contributed by atoms with Gasteiger partial charge in [-0.2, -0.15) is 13.2 Å². The number of aryl methyl sites for hydroxylation is 1. The van der Waals surface area contributed by atoms with Crippen molar-refractivity contribution in [2.75, 3.05) is 5.75 Å². The minimum absolute atomic E-state index is 0.00452. The number of halogens is 3. The third kappa shape index (κ3) is 5.30. The number of aromatic nitrogens is 1. The average Bonchev–Trinajstić information content (AvgIpc) is 3.16. The first-order valence-electron chi connectivity index (χ1n) is 9.90. The van der Waals surface area contributed by atoms with Crippen molar-refractivity contribution in [3.8, 4) is 10.6 Å². The summed E-state index contributed by atoms with van der Waals surface area (Å²) in [5, 5.41) is 9.75. The summed E-state index contributed by atoms with van der Waals surface area (Å²) in [5.41, 5.74) is 1.89. The second-order valence-electron chi connectivity index (χ2n) is 7.52. The van der Waals surface area contributed by atoms with E-state index in [1.54, 1.807) is 23.1 Å². The number of carboxylic acids is 1. The number of benzene rings is 2. The van der Waals surface area contributed by atoms with Crippen LogP contribution in [0.2, 0.25) is 0 Å². The lowest BCUT2D eigenvalue weighted by molar-refractivity contribution is -0.138. The van der Waals surface area contributed by atoms with Gasteiger partial charge in [-0.3, -0.25) is 4.79 Å². The van der Waals surface area contributed by atoms with Gasteiger partial charge in [0.1, 0.15) is 5.01 Å². The largest absolute Gasteiger partial charge is 0.481 e. The van der Waals surface area contributed by atoms with Gasteiger partial charge in [0, 0.05) is 27.0 Å². The average molecular weight is 464 g/mol. The Labute approximate surface area is 186 Å². The van der Waals surface area contributed by atoms with Crippen molar-refractivity contribution in [3.05, 3.63) is 70.2 Å². The predicted molar refractivity (Wildman–Crippen MR) is 117 cm³/mol. The highest BCUT2D eigenvalue weighted by Crippen LogP contribution is 2.41. The number of alkyl halides is 3. The summed E-state index contributed by atoms with van der Waals surface area (Å²) in [7, 11) is 0. The molecule has 0 bridgehead atoms. The molecular formula is C23H20F3NO2S2. The topological polar surface area (TPSA) is 50.2 Å². The van der Waals surface area contributed by atoms with Gasteiger partial charge in [0.05, 0.1) is 17.7 Å². The smallest absolute Gasteiger partial charge is 0.416 e. The number of aliphatic carboxylic acids is 1. The molecule has 1 aromatic heterocycles. The first-order valence-corrected chi connectivity index (χ1v) is 11.7. The van der Waals surface area contributed by atoms with E-state index in [4.69, 9.17) is 10.1 Å². The van der Waals surface area contributed by atoms with Gasteiger partial charge in [-0.15, -0.1) is 23.1 Å². The summed E-state index contributed by atoms with van der Waals surface area (Å²) in [6.07, 6.45) is -1.31. The molecule has 31 heavy (non-hydrogen) atoms. The van der Waals surface area contributed by atoms with Crippen LogP contribution in [-0.4, -0.2) is 21.8 Å². The number of nitrogens with zero attached hydrogens (tertiary/aromatic N) is 1. The number of fused-ring (bicyclic) bond motifs is 1.